The van der Waals surface area contributed by atoms with Gasteiger partial charge in [0.25, 0.3) is 0 Å². The Morgan fingerprint density at radius 3 is 1.85 bits per heavy atom. The summed E-state index contributed by atoms with van der Waals surface area (Å²) in [5.41, 5.74) is 8.50. The Bertz CT molecular complexity index is 883. The van der Waals surface area contributed by atoms with Gasteiger partial charge in [-0.25, -0.2) is 0 Å². The summed E-state index contributed by atoms with van der Waals surface area (Å²) in [4.78, 5) is 1.58. The van der Waals surface area contributed by atoms with Gasteiger partial charge in [0.2, 0.25) is 0 Å². The lowest BCUT2D eigenvalue weighted by Crippen LogP contribution is -2.32. The van der Waals surface area contributed by atoms with Crippen LogP contribution in [0.4, 0.5) is 5.69 Å². The number of nitrogens with two attached hydrogens (primary N) is 1. The van der Waals surface area contributed by atoms with Crippen LogP contribution in [0.1, 0.15) is 11.1 Å². The van der Waals surface area contributed by atoms with Gasteiger partial charge in [-0.1, -0.05) is 60.7 Å². The number of anilines is 1. The summed E-state index contributed by atoms with van der Waals surface area (Å²) in [6, 6.07) is 25.5. The lowest BCUT2D eigenvalue weighted by atomic mass is 10.2. The molecule has 0 heterocycles. The molecule has 0 saturated carbocycles. The lowest BCUT2D eigenvalue weighted by Gasteiger charge is -2.20. The second-order valence-electron chi connectivity index (χ2n) is 6.12. The molecule has 0 aliphatic heterocycles. The third-order valence-electron chi connectivity index (χ3n) is 4.15. The fourth-order valence-corrected chi connectivity index (χ4v) is 2.55. The maximum atomic E-state index is 7.62. The Kier molecular flexibility index (Phi) is 5.94. The molecule has 3 aromatic rings. The Morgan fingerprint density at radius 1 is 0.815 bits per heavy atom. The number of nitrogens with one attached hydrogen (secondary N) is 1. The van der Waals surface area contributed by atoms with Gasteiger partial charge in [0.15, 0.2) is 17.5 Å². The first kappa shape index (κ1) is 18.3. The van der Waals surface area contributed by atoms with Gasteiger partial charge in [-0.2, -0.15) is 0 Å². The summed E-state index contributed by atoms with van der Waals surface area (Å²) in [6.07, 6.45) is 0. The van der Waals surface area contributed by atoms with Gasteiger partial charge in [0, 0.05) is 18.8 Å². The second-order valence-corrected chi connectivity index (χ2v) is 6.12. The van der Waals surface area contributed by atoms with E-state index in [1.165, 1.54) is 0 Å². The molecule has 3 N–H and O–H groups in total. The van der Waals surface area contributed by atoms with Crippen LogP contribution in [-0.2, 0) is 13.2 Å². The van der Waals surface area contributed by atoms with Gasteiger partial charge < -0.3 is 20.1 Å². The highest BCUT2D eigenvalue weighted by Gasteiger charge is 2.11. The molecule has 0 aromatic heterocycles. The third-order valence-corrected chi connectivity index (χ3v) is 4.15. The van der Waals surface area contributed by atoms with E-state index < -0.39 is 0 Å². The van der Waals surface area contributed by atoms with Gasteiger partial charge in [0.1, 0.15) is 13.2 Å². The van der Waals surface area contributed by atoms with Crippen LogP contribution < -0.4 is 20.1 Å². The first-order valence-electron chi connectivity index (χ1n) is 8.69. The van der Waals surface area contributed by atoms with Crippen molar-refractivity contribution in [1.82, 2.24) is 0 Å². The summed E-state index contributed by atoms with van der Waals surface area (Å²) in [6.45, 7) is 0.875. The van der Waals surface area contributed by atoms with Crippen molar-refractivity contribution in [2.75, 3.05) is 11.9 Å². The number of rotatable bonds is 7. The molecular weight excluding hydrogens is 338 g/mol. The van der Waals surface area contributed by atoms with E-state index in [0.29, 0.717) is 24.7 Å². The molecule has 27 heavy (non-hydrogen) atoms. The van der Waals surface area contributed by atoms with Gasteiger partial charge in [0.05, 0.1) is 0 Å². The molecule has 138 valence electrons. The van der Waals surface area contributed by atoms with Crippen LogP contribution in [0.5, 0.6) is 11.5 Å². The van der Waals surface area contributed by atoms with Crippen molar-refractivity contribution >= 4 is 11.6 Å². The van der Waals surface area contributed by atoms with Crippen LogP contribution >= 0.6 is 0 Å². The normalized spacial score (nSPS) is 10.3. The molecule has 0 radical (unpaired) electrons. The van der Waals surface area contributed by atoms with Gasteiger partial charge >= 0.3 is 0 Å². The Hall–Kier alpha value is -3.47. The molecule has 0 spiro atoms. The third kappa shape index (κ3) is 5.01. The van der Waals surface area contributed by atoms with Crippen LogP contribution in [0.2, 0.25) is 0 Å². The first-order chi connectivity index (χ1) is 13.1. The Balaban J connectivity index is 1.80. The van der Waals surface area contributed by atoms with Crippen LogP contribution in [0.25, 0.3) is 0 Å². The second kappa shape index (κ2) is 8.76. The first-order valence-corrected chi connectivity index (χ1v) is 8.69. The Morgan fingerprint density at radius 2 is 1.33 bits per heavy atom. The molecule has 0 amide bonds. The highest BCUT2D eigenvalue weighted by molar-refractivity contribution is 5.92. The monoisotopic (exact) mass is 361 g/mol. The average molecular weight is 361 g/mol. The van der Waals surface area contributed by atoms with Crippen molar-refractivity contribution in [1.29, 1.82) is 5.41 Å². The summed E-state index contributed by atoms with van der Waals surface area (Å²) < 4.78 is 12.0. The van der Waals surface area contributed by atoms with E-state index in [1.54, 1.807) is 11.9 Å². The highest BCUT2D eigenvalue weighted by Crippen LogP contribution is 2.33. The maximum absolute atomic E-state index is 7.62. The van der Waals surface area contributed by atoms with Crippen LogP contribution in [0.3, 0.4) is 0 Å². The molecule has 5 nitrogen and oxygen atoms in total. The molecule has 3 rings (SSSR count). The predicted octanol–water partition coefficient (Wildman–Crippen LogP) is 4.17. The minimum absolute atomic E-state index is 0.0398. The van der Waals surface area contributed by atoms with Crippen LogP contribution in [0, 0.1) is 5.41 Å². The molecule has 0 fully saturated rings. The minimum atomic E-state index is -0.0398. The zero-order valence-electron chi connectivity index (χ0n) is 15.3. The summed E-state index contributed by atoms with van der Waals surface area (Å²) in [5, 5.41) is 7.62. The quantitative estimate of drug-likeness (QED) is 0.489. The average Bonchev–Trinajstić information content (AvgIpc) is 2.72. The molecule has 5 heteroatoms. The van der Waals surface area contributed by atoms with E-state index in [9.17, 15) is 0 Å². The summed E-state index contributed by atoms with van der Waals surface area (Å²) in [7, 11) is 1.74. The van der Waals surface area contributed by atoms with E-state index in [-0.39, 0.29) is 5.96 Å². The van der Waals surface area contributed by atoms with E-state index in [2.05, 4.69) is 0 Å². The topological polar surface area (TPSA) is 71.6 Å². The zero-order chi connectivity index (χ0) is 19.1. The summed E-state index contributed by atoms with van der Waals surface area (Å²) in [5.74, 6) is 1.22. The van der Waals surface area contributed by atoms with E-state index in [1.807, 2.05) is 78.9 Å². The Labute approximate surface area is 159 Å². The molecule has 3 aromatic carbocycles. The zero-order valence-corrected chi connectivity index (χ0v) is 15.3. The van der Waals surface area contributed by atoms with Crippen molar-refractivity contribution in [3.05, 3.63) is 90.0 Å². The number of guanidine groups is 1. The predicted molar refractivity (Wildman–Crippen MR) is 108 cm³/mol. The molecular formula is C22H23N3O2. The molecule has 0 aliphatic rings. The summed E-state index contributed by atoms with van der Waals surface area (Å²) >= 11 is 0. The number of nitrogens with zero attached hydrogens (tertiary/aromatic N) is 1. The molecule has 0 bridgehead atoms. The number of hydrogen-bond donors (Lipinski definition) is 2. The highest BCUT2D eigenvalue weighted by atomic mass is 16.5. The van der Waals surface area contributed by atoms with Crippen molar-refractivity contribution in [3.8, 4) is 11.5 Å². The standard InChI is InChI=1S/C22H23N3O2/c1-25(22(23)24)19-12-13-20(26-15-17-8-4-2-5-9-17)21(14-19)27-16-18-10-6-3-7-11-18/h2-14H,15-16H2,1H3,(H3,23,24). The van der Waals surface area contributed by atoms with Crippen molar-refractivity contribution in [2.24, 2.45) is 5.73 Å². The van der Waals surface area contributed by atoms with E-state index in [4.69, 9.17) is 20.6 Å². The molecule has 0 atom stereocenters. The van der Waals surface area contributed by atoms with E-state index in [0.717, 1.165) is 16.8 Å². The van der Waals surface area contributed by atoms with Gasteiger partial charge in [-0.3, -0.25) is 5.41 Å². The SMILES string of the molecule is CN(C(=N)N)c1ccc(OCc2ccccc2)c(OCc2ccccc2)c1. The van der Waals surface area contributed by atoms with Crippen molar-refractivity contribution in [3.63, 3.8) is 0 Å². The number of ether oxygens (including phenoxy) is 2. The van der Waals surface area contributed by atoms with Crippen LogP contribution in [0.15, 0.2) is 78.9 Å². The number of hydrogen-bond acceptors (Lipinski definition) is 3. The fourth-order valence-electron chi connectivity index (χ4n) is 2.55. The van der Waals surface area contributed by atoms with Crippen molar-refractivity contribution in [2.45, 2.75) is 13.2 Å². The van der Waals surface area contributed by atoms with Gasteiger partial charge in [-0.05, 0) is 23.3 Å². The minimum Gasteiger partial charge on any atom is -0.485 e. The molecule has 0 saturated heterocycles. The van der Waals surface area contributed by atoms with Gasteiger partial charge in [-0.15, -0.1) is 0 Å². The molecule has 0 aliphatic carbocycles. The fraction of sp³-hybridized carbons (Fsp3) is 0.136. The van der Waals surface area contributed by atoms with Crippen molar-refractivity contribution < 1.29 is 9.47 Å². The largest absolute Gasteiger partial charge is 0.485 e. The van der Waals surface area contributed by atoms with E-state index >= 15 is 0 Å². The lowest BCUT2D eigenvalue weighted by molar-refractivity contribution is 0.256. The van der Waals surface area contributed by atoms with Crippen LogP contribution in [-0.4, -0.2) is 13.0 Å². The molecule has 0 unspecified atom stereocenters. The smallest absolute Gasteiger partial charge is 0.192 e. The maximum Gasteiger partial charge on any atom is 0.192 e. The number of benzene rings is 3.